The number of terminal acetylenes is 2. The Bertz CT molecular complexity index is 1450. The maximum absolute atomic E-state index is 13.8. The van der Waals surface area contributed by atoms with E-state index in [1.165, 1.54) is 0 Å². The third-order valence-corrected chi connectivity index (χ3v) is 8.72. The molecule has 8 nitrogen and oxygen atoms in total. The summed E-state index contributed by atoms with van der Waals surface area (Å²) in [6.07, 6.45) is 20.4. The van der Waals surface area contributed by atoms with Gasteiger partial charge in [-0.2, -0.15) is 0 Å². The second-order valence-electron chi connectivity index (χ2n) is 12.0. The van der Waals surface area contributed by atoms with Crippen LogP contribution >= 0.6 is 0 Å². The minimum absolute atomic E-state index is 0.0267. The number of nitrogens with zero attached hydrogens (tertiary/aromatic N) is 1. The third-order valence-electron chi connectivity index (χ3n) is 8.72. The number of hydrogen-bond acceptors (Lipinski definition) is 8. The van der Waals surface area contributed by atoms with Crippen molar-refractivity contribution in [2.75, 3.05) is 26.4 Å². The van der Waals surface area contributed by atoms with Crippen molar-refractivity contribution in [3.8, 4) is 36.2 Å². The molecule has 1 aliphatic heterocycles. The Kier molecular flexibility index (Phi) is 14.2. The number of ether oxygens (including phenoxy) is 4. The fraction of sp³-hybridized carbons (Fsp3) is 0.514. The van der Waals surface area contributed by atoms with Gasteiger partial charge in [0.25, 0.3) is 0 Å². The summed E-state index contributed by atoms with van der Waals surface area (Å²) in [5.74, 6) is 4.23. The lowest BCUT2D eigenvalue weighted by Gasteiger charge is -2.20. The van der Waals surface area contributed by atoms with E-state index in [1.807, 2.05) is 12.2 Å². The molecule has 0 spiro atoms. The van der Waals surface area contributed by atoms with Gasteiger partial charge in [0, 0.05) is 55.3 Å². The van der Waals surface area contributed by atoms with Crippen molar-refractivity contribution < 1.29 is 37.6 Å². The minimum atomic E-state index is -0.606. The first-order chi connectivity index (χ1) is 22.8. The number of benzene rings is 1. The lowest BCUT2D eigenvalue weighted by Crippen LogP contribution is -2.21. The van der Waals surface area contributed by atoms with Crippen LogP contribution in [0.25, 0.3) is 0 Å². The Labute approximate surface area is 276 Å². The highest BCUT2D eigenvalue weighted by molar-refractivity contribution is 5.73. The normalized spacial score (nSPS) is 22.3. The van der Waals surface area contributed by atoms with Gasteiger partial charge in [0.05, 0.1) is 37.7 Å². The first-order valence-corrected chi connectivity index (χ1v) is 16.2. The lowest BCUT2D eigenvalue weighted by molar-refractivity contribution is -0.134. The van der Waals surface area contributed by atoms with Crippen LogP contribution in [0.1, 0.15) is 61.8 Å². The van der Waals surface area contributed by atoms with Gasteiger partial charge < -0.3 is 29.4 Å². The van der Waals surface area contributed by atoms with E-state index in [0.717, 1.165) is 48.6 Å². The van der Waals surface area contributed by atoms with Crippen molar-refractivity contribution in [1.82, 2.24) is 10.3 Å². The molecule has 47 heavy (non-hydrogen) atoms. The van der Waals surface area contributed by atoms with Gasteiger partial charge in [-0.25, -0.2) is 8.78 Å². The van der Waals surface area contributed by atoms with Gasteiger partial charge in [-0.3, -0.25) is 9.78 Å². The van der Waals surface area contributed by atoms with Gasteiger partial charge in [0.1, 0.15) is 12.4 Å². The van der Waals surface area contributed by atoms with Crippen molar-refractivity contribution in [2.24, 2.45) is 17.8 Å². The Morgan fingerprint density at radius 1 is 1.26 bits per heavy atom. The van der Waals surface area contributed by atoms with Gasteiger partial charge in [-0.05, 0) is 63.0 Å². The molecule has 1 aromatic carbocycles. The highest BCUT2D eigenvalue weighted by Gasteiger charge is 2.43. The largest absolute Gasteiger partial charge is 0.490 e. The number of esters is 1. The van der Waals surface area contributed by atoms with Crippen molar-refractivity contribution in [3.63, 3.8) is 0 Å². The number of hydrogen-bond donors (Lipinski definition) is 2. The number of fused-ring (bicyclic) bond motifs is 1. The van der Waals surface area contributed by atoms with Crippen LogP contribution in [0.15, 0.2) is 36.5 Å². The summed E-state index contributed by atoms with van der Waals surface area (Å²) in [6.45, 7) is 3.71. The molecule has 0 bridgehead atoms. The van der Waals surface area contributed by atoms with E-state index in [2.05, 4.69) is 22.1 Å². The molecule has 4 rings (SSSR count). The number of aryl methyl sites for hydroxylation is 1. The second kappa shape index (κ2) is 18.5. The molecule has 1 saturated heterocycles. The van der Waals surface area contributed by atoms with Crippen LogP contribution in [-0.4, -0.2) is 54.6 Å². The third kappa shape index (κ3) is 10.6. The Morgan fingerprint density at radius 3 is 2.91 bits per heavy atom. The molecule has 2 heterocycles. The smallest absolute Gasteiger partial charge is 0.311 e. The van der Waals surface area contributed by atoms with E-state index in [-0.39, 0.29) is 55.9 Å². The predicted octanol–water partition coefficient (Wildman–Crippen LogP) is 5.43. The second-order valence-corrected chi connectivity index (χ2v) is 12.0. The first kappa shape index (κ1) is 36.0. The van der Waals surface area contributed by atoms with Crippen molar-refractivity contribution >= 4 is 5.97 Å². The summed E-state index contributed by atoms with van der Waals surface area (Å²) in [4.78, 5) is 17.4. The van der Waals surface area contributed by atoms with E-state index < -0.39 is 17.7 Å². The van der Waals surface area contributed by atoms with Crippen LogP contribution in [0.3, 0.4) is 0 Å². The average Bonchev–Trinajstić information content (AvgIpc) is 3.21. The minimum Gasteiger partial charge on any atom is -0.490 e. The molecule has 2 aromatic rings. The molecular formula is C37H44F2N2O6. The summed E-state index contributed by atoms with van der Waals surface area (Å²) >= 11 is 0. The van der Waals surface area contributed by atoms with E-state index in [0.29, 0.717) is 56.3 Å². The number of carbonyl (C=O) groups is 1. The Morgan fingerprint density at radius 2 is 2.11 bits per heavy atom. The van der Waals surface area contributed by atoms with Gasteiger partial charge in [-0.15, -0.1) is 12.8 Å². The highest BCUT2D eigenvalue weighted by atomic mass is 19.1. The van der Waals surface area contributed by atoms with E-state index >= 15 is 0 Å². The lowest BCUT2D eigenvalue weighted by atomic mass is 9.86. The SMILES string of the molecule is C#CCNCc1c(COCC#C)cnc(C)c1OC(=O)CCC[C@H]1CC[C@@H]2[C@@H](/C=C/CCOc3cc(F)ccc3F)[C@H](O)C[C@@H]2OC1. The molecule has 1 saturated carbocycles. The number of halogens is 2. The number of aromatic nitrogens is 1. The number of carbonyl (C=O) groups excluding carboxylic acids is 1. The predicted molar refractivity (Wildman–Crippen MR) is 173 cm³/mol. The van der Waals surface area contributed by atoms with Gasteiger partial charge in [0.15, 0.2) is 17.3 Å². The van der Waals surface area contributed by atoms with Gasteiger partial charge in [0.2, 0.25) is 0 Å². The summed E-state index contributed by atoms with van der Waals surface area (Å²) in [5.41, 5.74) is 2.13. The molecule has 0 unspecified atom stereocenters. The molecule has 1 aliphatic carbocycles. The van der Waals surface area contributed by atoms with E-state index in [9.17, 15) is 18.7 Å². The number of pyridine rings is 1. The van der Waals surface area contributed by atoms with Crippen LogP contribution in [0.5, 0.6) is 11.5 Å². The maximum atomic E-state index is 13.8. The number of aliphatic hydroxyl groups excluding tert-OH is 1. The zero-order chi connectivity index (χ0) is 33.6. The first-order valence-electron chi connectivity index (χ1n) is 16.2. The van der Waals surface area contributed by atoms with E-state index in [4.69, 9.17) is 31.8 Å². The van der Waals surface area contributed by atoms with Crippen LogP contribution < -0.4 is 14.8 Å². The quantitative estimate of drug-likeness (QED) is 0.107. The summed E-state index contributed by atoms with van der Waals surface area (Å²) in [5, 5.41) is 13.9. The molecule has 0 radical (unpaired) electrons. The molecule has 10 heteroatoms. The van der Waals surface area contributed by atoms with Gasteiger partial charge >= 0.3 is 5.97 Å². The summed E-state index contributed by atoms with van der Waals surface area (Å²) in [6, 6.07) is 3.12. The maximum Gasteiger partial charge on any atom is 0.311 e. The molecular weight excluding hydrogens is 606 g/mol. The summed E-state index contributed by atoms with van der Waals surface area (Å²) in [7, 11) is 0. The average molecular weight is 651 g/mol. The molecule has 2 fully saturated rings. The molecule has 5 atom stereocenters. The Balaban J connectivity index is 1.24. The zero-order valence-corrected chi connectivity index (χ0v) is 26.9. The topological polar surface area (TPSA) is 99.1 Å². The summed E-state index contributed by atoms with van der Waals surface area (Å²) < 4.78 is 50.1. The molecule has 2 aliphatic rings. The van der Waals surface area contributed by atoms with Crippen molar-refractivity contribution in [1.29, 1.82) is 0 Å². The fourth-order valence-corrected chi connectivity index (χ4v) is 6.33. The fourth-order valence-electron chi connectivity index (χ4n) is 6.33. The Hall–Kier alpha value is -3.80. The van der Waals surface area contributed by atoms with E-state index in [1.54, 1.807) is 13.1 Å². The monoisotopic (exact) mass is 650 g/mol. The van der Waals surface area contributed by atoms with Crippen molar-refractivity contribution in [3.05, 3.63) is 65.0 Å². The highest BCUT2D eigenvalue weighted by Crippen LogP contribution is 2.42. The molecule has 1 aromatic heterocycles. The van der Waals surface area contributed by atoms with Crippen LogP contribution in [0.4, 0.5) is 8.78 Å². The van der Waals surface area contributed by atoms with Crippen LogP contribution in [-0.2, 0) is 27.4 Å². The van der Waals surface area contributed by atoms with Crippen LogP contribution in [0, 0.1) is 61.0 Å². The molecule has 2 N–H and O–H groups in total. The molecule has 252 valence electrons. The zero-order valence-electron chi connectivity index (χ0n) is 26.9. The van der Waals surface area contributed by atoms with Crippen LogP contribution in [0.2, 0.25) is 0 Å². The van der Waals surface area contributed by atoms with Crippen molar-refractivity contribution in [2.45, 2.75) is 77.2 Å². The standard InChI is InChI=1S/C37H44F2N2O6/c1-4-16-40-22-31-27(24-44-17-5-2)21-41-25(3)37(31)47-36(43)11-8-9-26-12-14-30-29(33(42)20-34(30)46-23-26)10-6-7-18-45-35-19-28(38)13-15-32(35)39/h1-2,6,10,13,15,19,21,26,29-30,33-34,40,42H,7-9,11-12,14,16-18,20,22-24H2,3H3/b10-6+/t26-,29+,30+,33+,34-/m0/s1. The number of nitrogens with one attached hydrogen (secondary N) is 1. The molecule has 0 amide bonds. The number of aliphatic hydroxyl groups is 1. The van der Waals surface area contributed by atoms with Gasteiger partial charge in [-0.1, -0.05) is 24.0 Å². The number of rotatable bonds is 16.